The summed E-state index contributed by atoms with van der Waals surface area (Å²) in [6.07, 6.45) is -5.29. The molecule has 1 aromatic rings. The molecule has 0 radical (unpaired) electrons. The van der Waals surface area contributed by atoms with Crippen molar-refractivity contribution in [3.8, 4) is 0 Å². The Labute approximate surface area is 106 Å². The van der Waals surface area contributed by atoms with Crippen molar-refractivity contribution in [2.24, 2.45) is 5.73 Å². The molecule has 0 unspecified atom stereocenters. The Morgan fingerprint density at radius 1 is 1.37 bits per heavy atom. The van der Waals surface area contributed by atoms with E-state index >= 15 is 0 Å². The Kier molecular flexibility index (Phi) is 4.50. The molecule has 10 heteroatoms. The number of benzene rings is 1. The van der Waals surface area contributed by atoms with Gasteiger partial charge in [-0.3, -0.25) is 0 Å². The van der Waals surface area contributed by atoms with Gasteiger partial charge >= 0.3 is 12.1 Å². The zero-order valence-electron chi connectivity index (χ0n) is 9.27. The van der Waals surface area contributed by atoms with E-state index in [9.17, 15) is 26.4 Å². The van der Waals surface area contributed by atoms with E-state index in [4.69, 9.17) is 5.73 Å². The molecule has 0 saturated carbocycles. The largest absolute Gasteiger partial charge is 0.492 e. The van der Waals surface area contributed by atoms with Crippen LogP contribution in [-0.2, 0) is 26.2 Å². The van der Waals surface area contributed by atoms with Crippen LogP contribution in [0, 0.1) is 0 Å². The zero-order chi connectivity index (χ0) is 14.7. The summed E-state index contributed by atoms with van der Waals surface area (Å²) >= 11 is 0. The first-order valence-corrected chi connectivity index (χ1v) is 6.24. The fourth-order valence-corrected chi connectivity index (χ4v) is 1.88. The molecule has 0 aliphatic carbocycles. The first-order valence-electron chi connectivity index (χ1n) is 4.75. The number of hydrogen-bond acceptors (Lipinski definition) is 5. The SMILES string of the molecule is NCc1cccc(S(=O)(=O)NOC(=O)C(F)(F)F)c1. The lowest BCUT2D eigenvalue weighted by atomic mass is 10.2. The van der Waals surface area contributed by atoms with Gasteiger partial charge in [0.25, 0.3) is 10.0 Å². The second-order valence-electron chi connectivity index (χ2n) is 3.33. The van der Waals surface area contributed by atoms with Crippen LogP contribution < -0.4 is 10.6 Å². The lowest BCUT2D eigenvalue weighted by molar-refractivity contribution is -0.203. The van der Waals surface area contributed by atoms with Crippen LogP contribution in [0.5, 0.6) is 0 Å². The van der Waals surface area contributed by atoms with Gasteiger partial charge in [-0.05, 0) is 22.6 Å². The Hall–Kier alpha value is -1.65. The number of sulfonamides is 1. The molecule has 3 N–H and O–H groups in total. The maximum atomic E-state index is 11.8. The maximum absolute atomic E-state index is 11.8. The van der Waals surface area contributed by atoms with E-state index < -0.39 is 22.2 Å². The predicted octanol–water partition coefficient (Wildman–Crippen LogP) is 0.444. The molecule has 0 heterocycles. The van der Waals surface area contributed by atoms with E-state index in [0.29, 0.717) is 5.56 Å². The summed E-state index contributed by atoms with van der Waals surface area (Å²) in [5.74, 6) is -2.66. The third-order valence-electron chi connectivity index (χ3n) is 1.92. The highest BCUT2D eigenvalue weighted by Gasteiger charge is 2.42. The van der Waals surface area contributed by atoms with Crippen molar-refractivity contribution in [2.75, 3.05) is 0 Å². The highest BCUT2D eigenvalue weighted by Crippen LogP contribution is 2.17. The standard InChI is InChI=1S/C9H9F3N2O4S/c10-9(11,12)8(15)18-14-19(16,17)7-3-1-2-6(4-7)5-13/h1-4,14H,5,13H2. The van der Waals surface area contributed by atoms with Gasteiger partial charge in [-0.1, -0.05) is 12.1 Å². The fourth-order valence-electron chi connectivity index (χ4n) is 1.04. The molecule has 1 aromatic carbocycles. The summed E-state index contributed by atoms with van der Waals surface area (Å²) in [5.41, 5.74) is 5.74. The van der Waals surface area contributed by atoms with Crippen LogP contribution in [0.15, 0.2) is 29.2 Å². The van der Waals surface area contributed by atoms with E-state index in [1.54, 1.807) is 0 Å². The second kappa shape index (κ2) is 5.55. The maximum Gasteiger partial charge on any atom is 0.492 e. The highest BCUT2D eigenvalue weighted by molar-refractivity contribution is 7.89. The van der Waals surface area contributed by atoms with E-state index in [0.717, 1.165) is 17.0 Å². The van der Waals surface area contributed by atoms with Gasteiger partial charge < -0.3 is 10.6 Å². The molecule has 0 atom stereocenters. The highest BCUT2D eigenvalue weighted by atomic mass is 32.2. The van der Waals surface area contributed by atoms with Gasteiger partial charge in [0.15, 0.2) is 0 Å². The number of nitrogens with one attached hydrogen (secondary N) is 1. The molecule has 6 nitrogen and oxygen atoms in total. The minimum absolute atomic E-state index is 0.0473. The van der Waals surface area contributed by atoms with Crippen LogP contribution in [0.25, 0.3) is 0 Å². The van der Waals surface area contributed by atoms with Gasteiger partial charge in [-0.2, -0.15) is 13.2 Å². The van der Waals surface area contributed by atoms with Gasteiger partial charge in [-0.15, -0.1) is 0 Å². The van der Waals surface area contributed by atoms with E-state index in [1.165, 1.54) is 12.1 Å². The van der Waals surface area contributed by atoms with Crippen LogP contribution in [0.1, 0.15) is 5.56 Å². The minimum Gasteiger partial charge on any atom is -0.348 e. The second-order valence-corrected chi connectivity index (χ2v) is 4.97. The molecular formula is C9H9F3N2O4S. The number of halogens is 3. The number of carbonyl (C=O) groups is 1. The molecule has 0 amide bonds. The van der Waals surface area contributed by atoms with Crippen molar-refractivity contribution in [2.45, 2.75) is 17.6 Å². The van der Waals surface area contributed by atoms with Crippen molar-refractivity contribution in [3.05, 3.63) is 29.8 Å². The molecule has 0 aromatic heterocycles. The summed E-state index contributed by atoms with van der Waals surface area (Å²) in [6, 6.07) is 5.13. The number of rotatable bonds is 4. The van der Waals surface area contributed by atoms with Crippen LogP contribution >= 0.6 is 0 Å². The molecule has 0 aliphatic rings. The number of carbonyl (C=O) groups excluding carboxylic acids is 1. The van der Waals surface area contributed by atoms with Gasteiger partial charge in [0.2, 0.25) is 0 Å². The van der Waals surface area contributed by atoms with Crippen LogP contribution in [0.3, 0.4) is 0 Å². The predicted molar refractivity (Wildman–Crippen MR) is 56.8 cm³/mol. The normalized spacial score (nSPS) is 12.2. The van der Waals surface area contributed by atoms with Crippen molar-refractivity contribution >= 4 is 16.0 Å². The van der Waals surface area contributed by atoms with Crippen molar-refractivity contribution in [1.29, 1.82) is 0 Å². The summed E-state index contributed by atoms with van der Waals surface area (Å²) < 4.78 is 58.5. The van der Waals surface area contributed by atoms with E-state index in [-0.39, 0.29) is 11.4 Å². The van der Waals surface area contributed by atoms with Crippen molar-refractivity contribution in [3.63, 3.8) is 0 Å². The lowest BCUT2D eigenvalue weighted by Gasteiger charge is -2.09. The Bertz CT molecular complexity index is 571. The zero-order valence-corrected chi connectivity index (χ0v) is 10.1. The summed E-state index contributed by atoms with van der Waals surface area (Å²) in [5, 5.41) is 0. The molecular weight excluding hydrogens is 289 g/mol. The lowest BCUT2D eigenvalue weighted by Crippen LogP contribution is -2.34. The van der Waals surface area contributed by atoms with Gasteiger partial charge in [0, 0.05) is 6.54 Å². The van der Waals surface area contributed by atoms with Crippen LogP contribution in [0.2, 0.25) is 0 Å². The average Bonchev–Trinajstić information content (AvgIpc) is 2.35. The Morgan fingerprint density at radius 2 is 2.00 bits per heavy atom. The minimum atomic E-state index is -5.29. The molecule has 19 heavy (non-hydrogen) atoms. The fraction of sp³-hybridized carbons (Fsp3) is 0.222. The molecule has 0 aliphatic heterocycles. The molecule has 0 spiro atoms. The van der Waals surface area contributed by atoms with Gasteiger partial charge in [-0.25, -0.2) is 13.2 Å². The first kappa shape index (κ1) is 15.4. The molecule has 0 fully saturated rings. The van der Waals surface area contributed by atoms with E-state index in [1.807, 2.05) is 0 Å². The van der Waals surface area contributed by atoms with Crippen molar-refractivity contribution < 1.29 is 31.2 Å². The third-order valence-corrected chi connectivity index (χ3v) is 3.10. The van der Waals surface area contributed by atoms with Gasteiger partial charge in [0.05, 0.1) is 4.90 Å². The molecule has 0 saturated heterocycles. The Morgan fingerprint density at radius 3 is 2.53 bits per heavy atom. The van der Waals surface area contributed by atoms with E-state index in [2.05, 4.69) is 4.84 Å². The molecule has 1 rings (SSSR count). The molecule has 0 bridgehead atoms. The first-order chi connectivity index (χ1) is 8.66. The number of nitrogens with two attached hydrogens (primary N) is 1. The monoisotopic (exact) mass is 298 g/mol. The number of alkyl halides is 3. The number of hydrogen-bond donors (Lipinski definition) is 2. The summed E-state index contributed by atoms with van der Waals surface area (Å²) in [4.78, 5) is 14.6. The topological polar surface area (TPSA) is 98.5 Å². The smallest absolute Gasteiger partial charge is 0.348 e. The summed E-state index contributed by atoms with van der Waals surface area (Å²) in [7, 11) is -4.40. The Balaban J connectivity index is 2.84. The average molecular weight is 298 g/mol. The van der Waals surface area contributed by atoms with Crippen LogP contribution in [0.4, 0.5) is 13.2 Å². The van der Waals surface area contributed by atoms with Crippen molar-refractivity contribution in [1.82, 2.24) is 4.89 Å². The molecule has 106 valence electrons. The quantitative estimate of drug-likeness (QED) is 0.786. The summed E-state index contributed by atoms with van der Waals surface area (Å²) in [6.45, 7) is 0.0473. The third kappa shape index (κ3) is 4.19. The van der Waals surface area contributed by atoms with Gasteiger partial charge in [0.1, 0.15) is 0 Å². The van der Waals surface area contributed by atoms with Crippen LogP contribution in [-0.4, -0.2) is 20.6 Å².